The molecule has 1 unspecified atom stereocenters. The maximum absolute atomic E-state index is 5.43. The van der Waals surface area contributed by atoms with Crippen LogP contribution in [0.5, 0.6) is 0 Å². The molecule has 1 aromatic rings. The van der Waals surface area contributed by atoms with Gasteiger partial charge in [0.25, 0.3) is 0 Å². The molecule has 0 spiro atoms. The Morgan fingerprint density at radius 3 is 3.08 bits per heavy atom. The molecule has 0 saturated heterocycles. The fourth-order valence-electron chi connectivity index (χ4n) is 1.34. The summed E-state index contributed by atoms with van der Waals surface area (Å²) < 4.78 is 5.43. The van der Waals surface area contributed by atoms with Crippen LogP contribution in [0.25, 0.3) is 0 Å². The Labute approximate surface area is 80.2 Å². The van der Waals surface area contributed by atoms with Gasteiger partial charge in [-0.05, 0) is 23.3 Å². The maximum atomic E-state index is 5.43. The number of rotatable bonds is 2. The minimum atomic E-state index is 0.0839. The van der Waals surface area contributed by atoms with Crippen LogP contribution in [0.4, 0.5) is 0 Å². The normalized spacial score (nSPS) is 19.6. The van der Waals surface area contributed by atoms with Gasteiger partial charge in [-0.25, -0.2) is 0 Å². The van der Waals surface area contributed by atoms with Gasteiger partial charge in [0.05, 0.1) is 0 Å². The first kappa shape index (κ1) is 8.02. The zero-order valence-electron chi connectivity index (χ0n) is 6.46. The molecule has 0 N–H and O–H groups in total. The molecule has 0 saturated carbocycles. The third kappa shape index (κ3) is 1.32. The summed E-state index contributed by atoms with van der Waals surface area (Å²) in [6.07, 6.45) is 5.20. The van der Waals surface area contributed by atoms with Crippen molar-refractivity contribution < 1.29 is 4.74 Å². The summed E-state index contributed by atoms with van der Waals surface area (Å²) in [5.41, 5.74) is 2.91. The predicted octanol–water partition coefficient (Wildman–Crippen LogP) is 2.82. The molecule has 1 nitrogen and oxygen atoms in total. The van der Waals surface area contributed by atoms with E-state index in [4.69, 9.17) is 4.74 Å². The first-order chi connectivity index (χ1) is 5.92. The van der Waals surface area contributed by atoms with Gasteiger partial charge in [-0.3, -0.25) is 0 Å². The molecule has 0 aromatic heterocycles. The molecule has 61 valence electrons. The molecule has 0 fully saturated rings. The summed E-state index contributed by atoms with van der Waals surface area (Å²) in [4.78, 5) is 0. The van der Waals surface area contributed by atoms with Crippen molar-refractivity contribution >= 4 is 15.9 Å². The third-order valence-corrected chi connectivity index (χ3v) is 2.16. The molecule has 2 rings (SSSR count). The van der Waals surface area contributed by atoms with Crippen molar-refractivity contribution in [3.05, 3.63) is 47.5 Å². The fraction of sp³-hybridized carbons (Fsp3) is 0.200. The lowest BCUT2D eigenvalue weighted by atomic mass is 10.1. The molecule has 1 radical (unpaired) electrons. The van der Waals surface area contributed by atoms with E-state index in [0.717, 1.165) is 5.56 Å². The maximum Gasteiger partial charge on any atom is 0.103 e. The van der Waals surface area contributed by atoms with Crippen LogP contribution in [0.2, 0.25) is 0 Å². The average molecular weight is 224 g/mol. The highest BCUT2D eigenvalue weighted by Crippen LogP contribution is 2.29. The molecule has 0 bridgehead atoms. The summed E-state index contributed by atoms with van der Waals surface area (Å²) in [5, 5.41) is 0. The van der Waals surface area contributed by atoms with E-state index in [1.54, 1.807) is 0 Å². The average Bonchev–Trinajstić information content (AvgIpc) is 2.50. The second-order valence-electron chi connectivity index (χ2n) is 2.59. The van der Waals surface area contributed by atoms with Gasteiger partial charge in [0.1, 0.15) is 11.6 Å². The van der Waals surface area contributed by atoms with E-state index in [2.05, 4.69) is 28.1 Å². The highest BCUT2D eigenvalue weighted by atomic mass is 79.9. The summed E-state index contributed by atoms with van der Waals surface area (Å²) in [6, 6.07) is 8.14. The molecular formula is C10H8BrO. The van der Waals surface area contributed by atoms with Gasteiger partial charge in [0.15, 0.2) is 0 Å². The molecule has 2 heteroatoms. The van der Waals surface area contributed by atoms with Crippen molar-refractivity contribution in [2.24, 2.45) is 0 Å². The SMILES string of the molecule is BrCOC1C=[C]c2ccccc21. The van der Waals surface area contributed by atoms with Crippen LogP contribution in [0.15, 0.2) is 30.3 Å². The number of ether oxygens (including phenoxy) is 1. The zero-order valence-corrected chi connectivity index (χ0v) is 8.04. The molecule has 1 atom stereocenters. The van der Waals surface area contributed by atoms with Gasteiger partial charge < -0.3 is 4.74 Å². The quantitative estimate of drug-likeness (QED) is 0.702. The number of fused-ring (bicyclic) bond motifs is 1. The van der Waals surface area contributed by atoms with Crippen LogP contribution in [0.3, 0.4) is 0 Å². The van der Waals surface area contributed by atoms with Crippen LogP contribution in [-0.4, -0.2) is 5.52 Å². The molecule has 0 amide bonds. The minimum absolute atomic E-state index is 0.0839. The number of halogens is 1. The van der Waals surface area contributed by atoms with Crippen molar-refractivity contribution in [2.45, 2.75) is 6.10 Å². The monoisotopic (exact) mass is 223 g/mol. The largest absolute Gasteiger partial charge is 0.358 e. The summed E-state index contributed by atoms with van der Waals surface area (Å²) in [5.74, 6) is 0. The Bertz CT molecular complexity index is 306. The third-order valence-electron chi connectivity index (χ3n) is 1.90. The van der Waals surface area contributed by atoms with Crippen molar-refractivity contribution in [1.29, 1.82) is 0 Å². The summed E-state index contributed by atoms with van der Waals surface area (Å²) in [7, 11) is 0. The summed E-state index contributed by atoms with van der Waals surface area (Å²) in [6.45, 7) is 0. The first-order valence-corrected chi connectivity index (χ1v) is 4.90. The van der Waals surface area contributed by atoms with E-state index in [-0.39, 0.29) is 6.10 Å². The van der Waals surface area contributed by atoms with Crippen molar-refractivity contribution in [1.82, 2.24) is 0 Å². The molecule has 12 heavy (non-hydrogen) atoms. The summed E-state index contributed by atoms with van der Waals surface area (Å²) >= 11 is 3.24. The molecule has 1 aliphatic carbocycles. The van der Waals surface area contributed by atoms with E-state index in [0.29, 0.717) is 5.52 Å². The van der Waals surface area contributed by atoms with Gasteiger partial charge in [-0.2, -0.15) is 0 Å². The molecule has 0 aliphatic heterocycles. The Morgan fingerprint density at radius 2 is 2.25 bits per heavy atom. The van der Waals surface area contributed by atoms with Gasteiger partial charge in [0.2, 0.25) is 0 Å². The van der Waals surface area contributed by atoms with Crippen molar-refractivity contribution in [3.63, 3.8) is 0 Å². The van der Waals surface area contributed by atoms with E-state index < -0.39 is 0 Å². The van der Waals surface area contributed by atoms with Gasteiger partial charge in [-0.1, -0.05) is 40.2 Å². The lowest BCUT2D eigenvalue weighted by molar-refractivity contribution is 0.133. The molecular weight excluding hydrogens is 216 g/mol. The first-order valence-electron chi connectivity index (χ1n) is 3.78. The van der Waals surface area contributed by atoms with Crippen LogP contribution in [0, 0.1) is 6.08 Å². The van der Waals surface area contributed by atoms with Crippen LogP contribution in [-0.2, 0) is 4.74 Å². The Hall–Kier alpha value is -0.600. The predicted molar refractivity (Wildman–Crippen MR) is 51.0 cm³/mol. The number of hydrogen-bond acceptors (Lipinski definition) is 1. The Balaban J connectivity index is 2.30. The van der Waals surface area contributed by atoms with Crippen LogP contribution >= 0.6 is 15.9 Å². The Morgan fingerprint density at radius 1 is 1.42 bits per heavy atom. The van der Waals surface area contributed by atoms with Gasteiger partial charge in [-0.15, -0.1) is 0 Å². The zero-order chi connectivity index (χ0) is 8.39. The van der Waals surface area contributed by atoms with E-state index in [1.807, 2.05) is 24.3 Å². The Kier molecular flexibility index (Phi) is 2.28. The van der Waals surface area contributed by atoms with Crippen molar-refractivity contribution in [3.8, 4) is 0 Å². The number of hydrogen-bond donors (Lipinski definition) is 0. The fourth-order valence-corrected chi connectivity index (χ4v) is 1.62. The minimum Gasteiger partial charge on any atom is -0.358 e. The van der Waals surface area contributed by atoms with Crippen LogP contribution in [0.1, 0.15) is 17.2 Å². The smallest absolute Gasteiger partial charge is 0.103 e. The van der Waals surface area contributed by atoms with Crippen molar-refractivity contribution in [2.75, 3.05) is 5.52 Å². The lowest BCUT2D eigenvalue weighted by Crippen LogP contribution is -1.96. The topological polar surface area (TPSA) is 9.23 Å². The highest BCUT2D eigenvalue weighted by molar-refractivity contribution is 9.09. The van der Waals surface area contributed by atoms with Gasteiger partial charge in [0, 0.05) is 0 Å². The standard InChI is InChI=1S/C10H8BrO/c11-7-12-10-6-5-8-3-1-2-4-9(8)10/h1-4,6,10H,7H2. The second kappa shape index (κ2) is 3.42. The second-order valence-corrected chi connectivity index (χ2v) is 3.05. The molecule has 1 aromatic carbocycles. The number of alkyl halides is 1. The number of benzene rings is 1. The van der Waals surface area contributed by atoms with E-state index in [1.165, 1.54) is 5.56 Å². The molecule has 0 heterocycles. The van der Waals surface area contributed by atoms with E-state index in [9.17, 15) is 0 Å². The lowest BCUT2D eigenvalue weighted by Gasteiger charge is -2.08. The van der Waals surface area contributed by atoms with Gasteiger partial charge >= 0.3 is 0 Å². The highest BCUT2D eigenvalue weighted by Gasteiger charge is 2.16. The van der Waals surface area contributed by atoms with E-state index >= 15 is 0 Å². The molecule has 1 aliphatic rings. The van der Waals surface area contributed by atoms with Crippen LogP contribution < -0.4 is 0 Å².